The number of pyridine rings is 1. The lowest BCUT2D eigenvalue weighted by Crippen LogP contribution is -2.26. The van der Waals surface area contributed by atoms with E-state index in [1.807, 2.05) is 12.1 Å². The predicted molar refractivity (Wildman–Crippen MR) is 68.9 cm³/mol. The monoisotopic (exact) mass is 229 g/mol. The molecule has 2 nitrogen and oxygen atoms in total. The summed E-state index contributed by atoms with van der Waals surface area (Å²) in [4.78, 5) is 16.6. The first kappa shape index (κ1) is 12.0. The average molecular weight is 229 g/mol. The highest BCUT2D eigenvalue weighted by Gasteiger charge is 2.33. The molecule has 90 valence electrons. The van der Waals surface area contributed by atoms with Crippen LogP contribution in [0.25, 0.3) is 0 Å². The van der Waals surface area contributed by atoms with Gasteiger partial charge in [-0.3, -0.25) is 9.78 Å². The van der Waals surface area contributed by atoms with Gasteiger partial charge in [0.05, 0.1) is 0 Å². The lowest BCUT2D eigenvalue weighted by molar-refractivity contribution is 0.0997. The highest BCUT2D eigenvalue weighted by Crippen LogP contribution is 2.41. The molecule has 0 radical (unpaired) electrons. The Morgan fingerprint density at radius 1 is 1.41 bits per heavy atom. The summed E-state index contributed by atoms with van der Waals surface area (Å²) in [6.07, 6.45) is 6.68. The fourth-order valence-corrected chi connectivity index (χ4v) is 2.77. The Morgan fingerprint density at radius 2 is 2.18 bits per heavy atom. The Balaban J connectivity index is 2.42. The molecular formula is C15H19NO. The fraction of sp³-hybridized carbons (Fsp3) is 0.467. The van der Waals surface area contributed by atoms with Gasteiger partial charge in [-0.1, -0.05) is 19.4 Å². The minimum Gasteiger partial charge on any atom is -0.289 e. The van der Waals surface area contributed by atoms with Gasteiger partial charge in [0.2, 0.25) is 0 Å². The molecule has 2 rings (SSSR count). The minimum atomic E-state index is -0.00470. The summed E-state index contributed by atoms with van der Waals surface area (Å²) >= 11 is 0. The van der Waals surface area contributed by atoms with Crippen LogP contribution in [0.4, 0.5) is 0 Å². The van der Waals surface area contributed by atoms with Crippen LogP contribution in [0.1, 0.15) is 50.4 Å². The number of carbonyl (C=O) groups is 1. The smallest absolute Gasteiger partial charge is 0.191 e. The second-order valence-electron chi connectivity index (χ2n) is 5.46. The van der Waals surface area contributed by atoms with Crippen molar-refractivity contribution >= 4 is 5.78 Å². The Morgan fingerprint density at radius 3 is 2.76 bits per heavy atom. The molecule has 0 fully saturated rings. The van der Waals surface area contributed by atoms with Gasteiger partial charge in [0.15, 0.2) is 5.78 Å². The molecule has 1 aromatic rings. The zero-order valence-electron chi connectivity index (χ0n) is 10.8. The quantitative estimate of drug-likeness (QED) is 0.722. The number of ketones is 1. The van der Waals surface area contributed by atoms with E-state index in [4.69, 9.17) is 0 Å². The van der Waals surface area contributed by atoms with Crippen LogP contribution in [0.15, 0.2) is 35.7 Å². The second-order valence-corrected chi connectivity index (χ2v) is 5.46. The summed E-state index contributed by atoms with van der Waals surface area (Å²) in [5.74, 6) is 0.153. The van der Waals surface area contributed by atoms with Crippen LogP contribution in [0, 0.1) is 5.41 Å². The van der Waals surface area contributed by atoms with E-state index in [-0.39, 0.29) is 11.2 Å². The maximum absolute atomic E-state index is 12.5. The molecular weight excluding hydrogens is 210 g/mol. The molecule has 1 heterocycles. The number of hydrogen-bond donors (Lipinski definition) is 0. The Kier molecular flexibility index (Phi) is 3.14. The van der Waals surface area contributed by atoms with E-state index in [2.05, 4.69) is 25.8 Å². The van der Waals surface area contributed by atoms with Crippen molar-refractivity contribution in [2.24, 2.45) is 5.41 Å². The van der Waals surface area contributed by atoms with Gasteiger partial charge >= 0.3 is 0 Å². The summed E-state index contributed by atoms with van der Waals surface area (Å²) in [6, 6.07) is 3.67. The lowest BCUT2D eigenvalue weighted by atomic mass is 9.70. The molecule has 1 aromatic heterocycles. The SMILES string of the molecule is CC1=C(C(=O)c2cccnc2)C(C)(C)CCC1. The van der Waals surface area contributed by atoms with E-state index in [0.717, 1.165) is 18.4 Å². The first-order valence-corrected chi connectivity index (χ1v) is 6.17. The van der Waals surface area contributed by atoms with E-state index < -0.39 is 0 Å². The zero-order chi connectivity index (χ0) is 12.5. The Bertz CT molecular complexity index is 457. The average Bonchev–Trinajstić information content (AvgIpc) is 2.28. The molecule has 0 unspecified atom stereocenters. The fourth-order valence-electron chi connectivity index (χ4n) is 2.77. The van der Waals surface area contributed by atoms with Crippen LogP contribution in [-0.2, 0) is 0 Å². The predicted octanol–water partition coefficient (Wildman–Crippen LogP) is 3.79. The van der Waals surface area contributed by atoms with Crippen LogP contribution in [0.3, 0.4) is 0 Å². The van der Waals surface area contributed by atoms with Crippen molar-refractivity contribution in [2.45, 2.75) is 40.0 Å². The third kappa shape index (κ3) is 2.31. The lowest BCUT2D eigenvalue weighted by Gasteiger charge is -2.33. The molecule has 0 aliphatic heterocycles. The van der Waals surface area contributed by atoms with Crippen molar-refractivity contribution in [2.75, 3.05) is 0 Å². The van der Waals surface area contributed by atoms with Gasteiger partial charge in [-0.05, 0) is 43.7 Å². The minimum absolute atomic E-state index is 0.00470. The molecule has 0 bridgehead atoms. The zero-order valence-corrected chi connectivity index (χ0v) is 10.8. The molecule has 17 heavy (non-hydrogen) atoms. The molecule has 0 N–H and O–H groups in total. The summed E-state index contributed by atoms with van der Waals surface area (Å²) in [7, 11) is 0. The molecule has 0 atom stereocenters. The van der Waals surface area contributed by atoms with E-state index in [9.17, 15) is 4.79 Å². The van der Waals surface area contributed by atoms with Crippen molar-refractivity contribution < 1.29 is 4.79 Å². The van der Waals surface area contributed by atoms with E-state index in [1.165, 1.54) is 12.0 Å². The number of carbonyl (C=O) groups excluding carboxylic acids is 1. The van der Waals surface area contributed by atoms with Gasteiger partial charge < -0.3 is 0 Å². The summed E-state index contributed by atoms with van der Waals surface area (Å²) in [5, 5.41) is 0. The Labute approximate surface area is 103 Å². The van der Waals surface area contributed by atoms with Crippen molar-refractivity contribution in [3.05, 3.63) is 41.2 Å². The van der Waals surface area contributed by atoms with Crippen molar-refractivity contribution in [1.82, 2.24) is 4.98 Å². The first-order chi connectivity index (χ1) is 8.02. The number of nitrogens with zero attached hydrogens (tertiary/aromatic N) is 1. The van der Waals surface area contributed by atoms with Crippen LogP contribution in [0.5, 0.6) is 0 Å². The standard InChI is InChI=1S/C15H19NO/c1-11-6-4-8-15(2,3)13(11)14(17)12-7-5-9-16-10-12/h5,7,9-10H,4,6,8H2,1-3H3. The first-order valence-electron chi connectivity index (χ1n) is 6.17. The molecule has 0 amide bonds. The number of aromatic nitrogens is 1. The topological polar surface area (TPSA) is 30.0 Å². The van der Waals surface area contributed by atoms with Gasteiger partial charge in [0, 0.05) is 23.5 Å². The molecule has 0 saturated heterocycles. The van der Waals surface area contributed by atoms with Crippen molar-refractivity contribution in [3.63, 3.8) is 0 Å². The van der Waals surface area contributed by atoms with Gasteiger partial charge in [-0.15, -0.1) is 0 Å². The normalized spacial score (nSPS) is 19.2. The van der Waals surface area contributed by atoms with E-state index in [1.54, 1.807) is 12.4 Å². The van der Waals surface area contributed by atoms with Gasteiger partial charge in [-0.2, -0.15) is 0 Å². The molecule has 0 aromatic carbocycles. The maximum atomic E-state index is 12.5. The molecule has 1 aliphatic rings. The largest absolute Gasteiger partial charge is 0.289 e. The number of Topliss-reactive ketones (excluding diaryl/α,β-unsaturated/α-hetero) is 1. The highest BCUT2D eigenvalue weighted by molar-refractivity contribution is 6.09. The van der Waals surface area contributed by atoms with Gasteiger partial charge in [-0.25, -0.2) is 0 Å². The van der Waals surface area contributed by atoms with Crippen molar-refractivity contribution in [3.8, 4) is 0 Å². The second kappa shape index (κ2) is 4.44. The Hall–Kier alpha value is -1.44. The van der Waals surface area contributed by atoms with Crippen LogP contribution in [0.2, 0.25) is 0 Å². The van der Waals surface area contributed by atoms with Gasteiger partial charge in [0.1, 0.15) is 0 Å². The molecule has 0 saturated carbocycles. The van der Waals surface area contributed by atoms with Crippen LogP contribution < -0.4 is 0 Å². The third-order valence-electron chi connectivity index (χ3n) is 3.61. The number of rotatable bonds is 2. The summed E-state index contributed by atoms with van der Waals surface area (Å²) < 4.78 is 0. The molecule has 1 aliphatic carbocycles. The molecule has 2 heteroatoms. The van der Waals surface area contributed by atoms with E-state index in [0.29, 0.717) is 5.56 Å². The highest BCUT2D eigenvalue weighted by atomic mass is 16.1. The number of allylic oxidation sites excluding steroid dienone is 2. The molecule has 0 spiro atoms. The van der Waals surface area contributed by atoms with Crippen molar-refractivity contribution in [1.29, 1.82) is 0 Å². The van der Waals surface area contributed by atoms with E-state index >= 15 is 0 Å². The van der Waals surface area contributed by atoms with Crippen LogP contribution in [-0.4, -0.2) is 10.8 Å². The maximum Gasteiger partial charge on any atom is 0.191 e. The van der Waals surface area contributed by atoms with Crippen LogP contribution >= 0.6 is 0 Å². The van der Waals surface area contributed by atoms with Gasteiger partial charge in [0.25, 0.3) is 0 Å². The summed E-state index contributed by atoms with van der Waals surface area (Å²) in [6.45, 7) is 6.42. The number of hydrogen-bond acceptors (Lipinski definition) is 2. The third-order valence-corrected chi connectivity index (χ3v) is 3.61. The summed E-state index contributed by atoms with van der Waals surface area (Å²) in [5.41, 5.74) is 2.94.